The summed E-state index contributed by atoms with van der Waals surface area (Å²) < 4.78 is 39.8. The summed E-state index contributed by atoms with van der Waals surface area (Å²) in [5.41, 5.74) is 0.632. The molecule has 0 radical (unpaired) electrons. The number of nitrogens with zero attached hydrogens (tertiary/aromatic N) is 2. The standard InChI is InChI=1S/C17H19ClFN3O2S.HI/c1-13(21-16-7-5-15(19)6-8-16)22(2)12-11-20-25(23,24)17-9-3-14(18)4-10-17;/h3-10,20H,11-12H2,1-2H3;1H. The molecule has 0 aromatic heterocycles. The second-order valence-corrected chi connectivity index (χ2v) is 7.61. The van der Waals surface area contributed by atoms with Crippen molar-refractivity contribution in [2.75, 3.05) is 20.1 Å². The molecule has 1 N–H and O–H groups in total. The third kappa shape index (κ3) is 6.82. The van der Waals surface area contributed by atoms with Gasteiger partial charge >= 0.3 is 0 Å². The second kappa shape index (κ2) is 10.2. The molecule has 142 valence electrons. The van der Waals surface area contributed by atoms with Crippen molar-refractivity contribution in [3.05, 3.63) is 59.4 Å². The summed E-state index contributed by atoms with van der Waals surface area (Å²) in [4.78, 5) is 6.34. The van der Waals surface area contributed by atoms with Crippen molar-refractivity contribution in [1.82, 2.24) is 9.62 Å². The van der Waals surface area contributed by atoms with Gasteiger partial charge in [-0.25, -0.2) is 22.5 Å². The molecule has 0 spiro atoms. The topological polar surface area (TPSA) is 61.8 Å². The Morgan fingerprint density at radius 3 is 2.31 bits per heavy atom. The van der Waals surface area contributed by atoms with E-state index in [0.717, 1.165) is 0 Å². The van der Waals surface area contributed by atoms with Gasteiger partial charge in [0.1, 0.15) is 11.7 Å². The average molecular weight is 512 g/mol. The quantitative estimate of drug-likeness (QED) is 0.362. The van der Waals surface area contributed by atoms with Crippen LogP contribution in [-0.4, -0.2) is 39.3 Å². The number of nitrogens with one attached hydrogen (secondary N) is 1. The van der Waals surface area contributed by atoms with Crippen LogP contribution in [0.1, 0.15) is 6.92 Å². The summed E-state index contributed by atoms with van der Waals surface area (Å²) in [6, 6.07) is 11.8. The summed E-state index contributed by atoms with van der Waals surface area (Å²) in [5.74, 6) is 0.374. The summed E-state index contributed by atoms with van der Waals surface area (Å²) in [6.45, 7) is 2.46. The van der Waals surface area contributed by atoms with Crippen molar-refractivity contribution < 1.29 is 12.8 Å². The van der Waals surface area contributed by atoms with Gasteiger partial charge in [-0.2, -0.15) is 0 Å². The number of aliphatic imine (C=N–C) groups is 1. The second-order valence-electron chi connectivity index (χ2n) is 5.41. The Labute approximate surface area is 175 Å². The van der Waals surface area contributed by atoms with Gasteiger partial charge in [0, 0.05) is 25.2 Å². The monoisotopic (exact) mass is 511 g/mol. The first-order chi connectivity index (χ1) is 11.8. The fraction of sp³-hybridized carbons (Fsp3) is 0.235. The molecular formula is C17H20ClFIN3O2S. The number of benzene rings is 2. The summed E-state index contributed by atoms with van der Waals surface area (Å²) >= 11 is 5.76. The highest BCUT2D eigenvalue weighted by Crippen LogP contribution is 2.14. The van der Waals surface area contributed by atoms with Crippen LogP contribution in [0.3, 0.4) is 0 Å². The lowest BCUT2D eigenvalue weighted by Gasteiger charge is -2.19. The minimum absolute atomic E-state index is 0. The lowest BCUT2D eigenvalue weighted by Crippen LogP contribution is -2.35. The van der Waals surface area contributed by atoms with Crippen LogP contribution in [0.4, 0.5) is 10.1 Å². The van der Waals surface area contributed by atoms with Crippen LogP contribution in [0.15, 0.2) is 58.4 Å². The Bertz CT molecular complexity index is 843. The molecule has 0 bridgehead atoms. The number of amidine groups is 1. The van der Waals surface area contributed by atoms with Crippen molar-refractivity contribution in [2.45, 2.75) is 11.8 Å². The number of hydrogen-bond acceptors (Lipinski definition) is 3. The van der Waals surface area contributed by atoms with Gasteiger partial charge in [0.15, 0.2) is 0 Å². The normalized spacial score (nSPS) is 11.8. The van der Waals surface area contributed by atoms with Gasteiger partial charge < -0.3 is 4.90 Å². The molecule has 0 saturated carbocycles. The van der Waals surface area contributed by atoms with Crippen molar-refractivity contribution in [3.8, 4) is 0 Å². The Morgan fingerprint density at radius 1 is 1.15 bits per heavy atom. The van der Waals surface area contributed by atoms with E-state index in [1.165, 1.54) is 36.4 Å². The van der Waals surface area contributed by atoms with Crippen molar-refractivity contribution in [3.63, 3.8) is 0 Å². The van der Waals surface area contributed by atoms with E-state index in [-0.39, 0.29) is 41.2 Å². The molecule has 26 heavy (non-hydrogen) atoms. The number of sulfonamides is 1. The summed E-state index contributed by atoms with van der Waals surface area (Å²) in [7, 11) is -1.77. The minimum Gasteiger partial charge on any atom is -0.362 e. The van der Waals surface area contributed by atoms with E-state index in [9.17, 15) is 12.8 Å². The number of hydrogen-bond donors (Lipinski definition) is 1. The fourth-order valence-corrected chi connectivity index (χ4v) is 3.14. The maximum Gasteiger partial charge on any atom is 0.240 e. The maximum absolute atomic E-state index is 12.9. The lowest BCUT2D eigenvalue weighted by atomic mass is 10.3. The Morgan fingerprint density at radius 2 is 1.73 bits per heavy atom. The van der Waals surface area contributed by atoms with E-state index in [4.69, 9.17) is 11.6 Å². The number of likely N-dealkylation sites (N-methyl/N-ethyl adjacent to an activating group) is 1. The Balaban J connectivity index is 0.00000338. The molecule has 2 rings (SSSR count). The minimum atomic E-state index is -3.58. The highest BCUT2D eigenvalue weighted by atomic mass is 127. The van der Waals surface area contributed by atoms with Gasteiger partial charge in [0.25, 0.3) is 0 Å². The van der Waals surface area contributed by atoms with Crippen LogP contribution < -0.4 is 4.72 Å². The zero-order chi connectivity index (χ0) is 18.4. The van der Waals surface area contributed by atoms with E-state index in [0.29, 0.717) is 23.1 Å². The first kappa shape index (κ1) is 22.8. The van der Waals surface area contributed by atoms with Crippen LogP contribution in [0.2, 0.25) is 5.02 Å². The Hall–Kier alpha value is -1.23. The average Bonchev–Trinajstić information content (AvgIpc) is 2.57. The summed E-state index contributed by atoms with van der Waals surface area (Å²) in [6.07, 6.45) is 0. The molecule has 0 aliphatic carbocycles. The Kier molecular flexibility index (Phi) is 8.94. The number of halogens is 3. The molecule has 9 heteroatoms. The van der Waals surface area contributed by atoms with Crippen LogP contribution in [-0.2, 0) is 10.0 Å². The predicted molar refractivity (Wildman–Crippen MR) is 114 cm³/mol. The van der Waals surface area contributed by atoms with Crippen LogP contribution >= 0.6 is 35.6 Å². The highest BCUT2D eigenvalue weighted by molar-refractivity contribution is 14.0. The van der Waals surface area contributed by atoms with Crippen LogP contribution in [0.25, 0.3) is 0 Å². The molecule has 0 atom stereocenters. The van der Waals surface area contributed by atoms with E-state index in [2.05, 4.69) is 9.71 Å². The molecule has 0 aliphatic rings. The first-order valence-corrected chi connectivity index (χ1v) is 9.41. The van der Waals surface area contributed by atoms with E-state index < -0.39 is 10.0 Å². The fourth-order valence-electron chi connectivity index (χ4n) is 1.99. The van der Waals surface area contributed by atoms with Gasteiger partial charge in [0.2, 0.25) is 10.0 Å². The SMILES string of the molecule is CC(=Nc1ccc(F)cc1)N(C)CCNS(=O)(=O)c1ccc(Cl)cc1.I. The molecule has 0 amide bonds. The molecular weight excluding hydrogens is 492 g/mol. The first-order valence-electron chi connectivity index (χ1n) is 7.55. The van der Waals surface area contributed by atoms with Crippen LogP contribution in [0.5, 0.6) is 0 Å². The van der Waals surface area contributed by atoms with Gasteiger partial charge in [-0.1, -0.05) is 11.6 Å². The van der Waals surface area contributed by atoms with Crippen molar-refractivity contribution in [2.24, 2.45) is 4.99 Å². The molecule has 0 unspecified atom stereocenters. The van der Waals surface area contributed by atoms with Crippen molar-refractivity contribution in [1.29, 1.82) is 0 Å². The molecule has 2 aromatic rings. The zero-order valence-corrected chi connectivity index (χ0v) is 18.2. The molecule has 2 aromatic carbocycles. The van der Waals surface area contributed by atoms with Crippen molar-refractivity contribution >= 4 is 57.1 Å². The highest BCUT2D eigenvalue weighted by Gasteiger charge is 2.13. The zero-order valence-electron chi connectivity index (χ0n) is 14.3. The van der Waals surface area contributed by atoms with Gasteiger partial charge in [-0.05, 0) is 55.5 Å². The maximum atomic E-state index is 12.9. The molecule has 5 nitrogen and oxygen atoms in total. The van der Waals surface area contributed by atoms with Gasteiger partial charge in [0.05, 0.1) is 10.6 Å². The molecule has 0 heterocycles. The molecule has 0 saturated heterocycles. The van der Waals surface area contributed by atoms with E-state index >= 15 is 0 Å². The predicted octanol–water partition coefficient (Wildman–Crippen LogP) is 4.06. The molecule has 0 aliphatic heterocycles. The third-order valence-corrected chi connectivity index (χ3v) is 5.26. The number of rotatable bonds is 6. The molecule has 0 fully saturated rings. The van der Waals surface area contributed by atoms with E-state index in [1.807, 2.05) is 4.90 Å². The lowest BCUT2D eigenvalue weighted by molar-refractivity contribution is 0.497. The largest absolute Gasteiger partial charge is 0.362 e. The van der Waals surface area contributed by atoms with E-state index in [1.54, 1.807) is 26.1 Å². The summed E-state index contributed by atoms with van der Waals surface area (Å²) in [5, 5.41) is 0.478. The van der Waals surface area contributed by atoms with Crippen LogP contribution in [0, 0.1) is 5.82 Å². The van der Waals surface area contributed by atoms with Gasteiger partial charge in [-0.15, -0.1) is 24.0 Å². The van der Waals surface area contributed by atoms with Gasteiger partial charge in [-0.3, -0.25) is 0 Å². The smallest absolute Gasteiger partial charge is 0.240 e. The third-order valence-electron chi connectivity index (χ3n) is 3.53.